The first kappa shape index (κ1) is 15.4. The number of carbonyl (C=O) groups excluding carboxylic acids is 1. The van der Waals surface area contributed by atoms with Gasteiger partial charge < -0.3 is 10.6 Å². The molecule has 1 aromatic carbocycles. The van der Waals surface area contributed by atoms with Crippen molar-refractivity contribution >= 4 is 27.7 Å². The first-order chi connectivity index (χ1) is 10.0. The Labute approximate surface area is 128 Å². The fraction of sp³-hybridized carbons (Fsp3) is 0.143. The van der Waals surface area contributed by atoms with Gasteiger partial charge in [-0.2, -0.15) is 0 Å². The summed E-state index contributed by atoms with van der Waals surface area (Å²) in [5.41, 5.74) is 0.535. The van der Waals surface area contributed by atoms with Gasteiger partial charge >= 0.3 is 0 Å². The highest BCUT2D eigenvalue weighted by atomic mass is 79.9. The molecule has 1 amide bonds. The number of aromatic nitrogens is 1. The molecule has 2 N–H and O–H groups in total. The summed E-state index contributed by atoms with van der Waals surface area (Å²) in [6, 6.07) is 4.82. The van der Waals surface area contributed by atoms with Gasteiger partial charge in [0.2, 0.25) is 0 Å². The molecular weight excluding hydrogens is 344 g/mol. The molecule has 2 aromatic rings. The van der Waals surface area contributed by atoms with Crippen LogP contribution >= 0.6 is 15.9 Å². The summed E-state index contributed by atoms with van der Waals surface area (Å²) in [5, 5.41) is 5.38. The van der Waals surface area contributed by atoms with Gasteiger partial charge in [0.15, 0.2) is 0 Å². The van der Waals surface area contributed by atoms with Crippen LogP contribution in [0.4, 0.5) is 14.6 Å². The summed E-state index contributed by atoms with van der Waals surface area (Å²) >= 11 is 3.24. The fourth-order valence-electron chi connectivity index (χ4n) is 1.75. The Bertz CT molecular complexity index is 679. The number of hydrogen-bond donors (Lipinski definition) is 2. The third kappa shape index (κ3) is 3.75. The molecule has 0 aliphatic rings. The second-order valence-corrected chi connectivity index (χ2v) is 5.13. The van der Waals surface area contributed by atoms with Gasteiger partial charge in [0.05, 0.1) is 5.56 Å². The molecule has 0 aliphatic heterocycles. The normalized spacial score (nSPS) is 10.3. The Balaban J connectivity index is 2.13. The number of nitrogens with one attached hydrogen (secondary N) is 2. The summed E-state index contributed by atoms with van der Waals surface area (Å²) in [5.74, 6) is -1.35. The summed E-state index contributed by atoms with van der Waals surface area (Å²) in [7, 11) is 1.65. The zero-order chi connectivity index (χ0) is 15.4. The molecule has 0 saturated heterocycles. The molecule has 0 spiro atoms. The van der Waals surface area contributed by atoms with E-state index in [1.54, 1.807) is 19.3 Å². The zero-order valence-electron chi connectivity index (χ0n) is 11.1. The lowest BCUT2D eigenvalue weighted by molar-refractivity contribution is 0.0951. The second-order valence-electron chi connectivity index (χ2n) is 4.22. The van der Waals surface area contributed by atoms with E-state index in [1.807, 2.05) is 0 Å². The van der Waals surface area contributed by atoms with Crippen LogP contribution in [0.1, 0.15) is 15.9 Å². The molecular formula is C14H12BrF2N3O. The Morgan fingerprint density at radius 2 is 2.10 bits per heavy atom. The number of anilines is 1. The molecule has 7 heteroatoms. The van der Waals surface area contributed by atoms with Crippen molar-refractivity contribution in [2.45, 2.75) is 6.54 Å². The molecule has 0 aliphatic carbocycles. The predicted octanol–water partition coefficient (Wildman–Crippen LogP) is 3.09. The van der Waals surface area contributed by atoms with Crippen molar-refractivity contribution in [3.05, 3.63) is 57.7 Å². The molecule has 0 radical (unpaired) electrons. The molecule has 4 nitrogen and oxygen atoms in total. The average Bonchev–Trinajstić information content (AvgIpc) is 2.46. The fourth-order valence-corrected chi connectivity index (χ4v) is 2.08. The first-order valence-corrected chi connectivity index (χ1v) is 6.86. The Hall–Kier alpha value is -2.02. The van der Waals surface area contributed by atoms with E-state index in [0.717, 1.165) is 12.1 Å². The molecule has 1 heterocycles. The van der Waals surface area contributed by atoms with Crippen LogP contribution < -0.4 is 10.6 Å². The van der Waals surface area contributed by atoms with Gasteiger partial charge in [-0.3, -0.25) is 4.79 Å². The lowest BCUT2D eigenvalue weighted by atomic mass is 10.2. The number of carbonyl (C=O) groups is 1. The van der Waals surface area contributed by atoms with Gasteiger partial charge in [0.25, 0.3) is 5.91 Å². The highest BCUT2D eigenvalue weighted by Crippen LogP contribution is 2.18. The van der Waals surface area contributed by atoms with Crippen LogP contribution in [-0.4, -0.2) is 17.9 Å². The number of halogens is 3. The van der Waals surface area contributed by atoms with Crippen LogP contribution in [0.2, 0.25) is 0 Å². The molecule has 21 heavy (non-hydrogen) atoms. The smallest absolute Gasteiger partial charge is 0.255 e. The van der Waals surface area contributed by atoms with E-state index in [4.69, 9.17) is 0 Å². The second kappa shape index (κ2) is 6.62. The number of amides is 1. The van der Waals surface area contributed by atoms with Gasteiger partial charge in [-0.25, -0.2) is 13.8 Å². The predicted molar refractivity (Wildman–Crippen MR) is 79.0 cm³/mol. The van der Waals surface area contributed by atoms with Crippen LogP contribution in [0, 0.1) is 11.6 Å². The largest absolute Gasteiger partial charge is 0.372 e. The number of nitrogens with zero attached hydrogens (tertiary/aromatic N) is 1. The minimum Gasteiger partial charge on any atom is -0.372 e. The third-order valence-electron chi connectivity index (χ3n) is 2.79. The number of hydrogen-bond acceptors (Lipinski definition) is 3. The SMILES string of the molecule is CNc1ncc(Br)cc1C(=O)NCc1ccc(F)cc1F. The number of benzene rings is 1. The van der Waals surface area contributed by atoms with E-state index in [0.29, 0.717) is 15.9 Å². The highest BCUT2D eigenvalue weighted by molar-refractivity contribution is 9.10. The van der Waals surface area contributed by atoms with Gasteiger partial charge in [0, 0.05) is 35.9 Å². The van der Waals surface area contributed by atoms with Crippen LogP contribution in [0.5, 0.6) is 0 Å². The van der Waals surface area contributed by atoms with Crippen molar-refractivity contribution in [1.82, 2.24) is 10.3 Å². The van der Waals surface area contributed by atoms with E-state index in [-0.39, 0.29) is 12.1 Å². The van der Waals surface area contributed by atoms with Gasteiger partial charge in [-0.05, 0) is 28.1 Å². The lowest BCUT2D eigenvalue weighted by Crippen LogP contribution is -2.24. The van der Waals surface area contributed by atoms with Crippen molar-refractivity contribution in [2.24, 2.45) is 0 Å². The topological polar surface area (TPSA) is 54.0 Å². The van der Waals surface area contributed by atoms with E-state index in [9.17, 15) is 13.6 Å². The van der Waals surface area contributed by atoms with Crippen molar-refractivity contribution in [2.75, 3.05) is 12.4 Å². The van der Waals surface area contributed by atoms with Gasteiger partial charge in [-0.1, -0.05) is 6.07 Å². The van der Waals surface area contributed by atoms with Crippen molar-refractivity contribution in [1.29, 1.82) is 0 Å². The van der Waals surface area contributed by atoms with E-state index < -0.39 is 17.5 Å². The molecule has 1 aromatic heterocycles. The Kier molecular flexibility index (Phi) is 4.85. The lowest BCUT2D eigenvalue weighted by Gasteiger charge is -2.10. The monoisotopic (exact) mass is 355 g/mol. The maximum atomic E-state index is 13.5. The summed E-state index contributed by atoms with van der Waals surface area (Å²) in [4.78, 5) is 16.2. The van der Waals surface area contributed by atoms with Crippen molar-refractivity contribution in [3.8, 4) is 0 Å². The van der Waals surface area contributed by atoms with Gasteiger partial charge in [0.1, 0.15) is 17.5 Å². The molecule has 0 unspecified atom stereocenters. The van der Waals surface area contributed by atoms with Crippen LogP contribution in [-0.2, 0) is 6.54 Å². The maximum absolute atomic E-state index is 13.5. The average molecular weight is 356 g/mol. The quantitative estimate of drug-likeness (QED) is 0.885. The molecule has 0 bridgehead atoms. The van der Waals surface area contributed by atoms with Crippen LogP contribution in [0.15, 0.2) is 34.9 Å². The van der Waals surface area contributed by atoms with E-state index in [2.05, 4.69) is 31.5 Å². The number of rotatable bonds is 4. The van der Waals surface area contributed by atoms with Gasteiger partial charge in [-0.15, -0.1) is 0 Å². The molecule has 0 atom stereocenters. The summed E-state index contributed by atoms with van der Waals surface area (Å²) in [6.45, 7) is -0.0411. The standard InChI is InChI=1S/C14H12BrF2N3O/c1-18-13-11(4-9(15)7-19-13)14(21)20-6-8-2-3-10(16)5-12(8)17/h2-5,7H,6H2,1H3,(H,18,19)(H,20,21). The van der Waals surface area contributed by atoms with E-state index in [1.165, 1.54) is 6.07 Å². The van der Waals surface area contributed by atoms with Crippen molar-refractivity contribution in [3.63, 3.8) is 0 Å². The molecule has 2 rings (SSSR count). The van der Waals surface area contributed by atoms with E-state index >= 15 is 0 Å². The van der Waals surface area contributed by atoms with Crippen LogP contribution in [0.25, 0.3) is 0 Å². The maximum Gasteiger partial charge on any atom is 0.255 e. The Morgan fingerprint density at radius 3 is 2.76 bits per heavy atom. The molecule has 110 valence electrons. The Morgan fingerprint density at radius 1 is 1.33 bits per heavy atom. The summed E-state index contributed by atoms with van der Waals surface area (Å²) in [6.07, 6.45) is 1.56. The summed E-state index contributed by atoms with van der Waals surface area (Å²) < 4.78 is 26.9. The first-order valence-electron chi connectivity index (χ1n) is 6.06. The van der Waals surface area contributed by atoms with Crippen molar-refractivity contribution < 1.29 is 13.6 Å². The minimum atomic E-state index is -0.698. The molecule has 0 saturated carbocycles. The number of pyridine rings is 1. The third-order valence-corrected chi connectivity index (χ3v) is 3.22. The van der Waals surface area contributed by atoms with Crippen LogP contribution in [0.3, 0.4) is 0 Å². The zero-order valence-corrected chi connectivity index (χ0v) is 12.7. The molecule has 0 fully saturated rings. The highest BCUT2D eigenvalue weighted by Gasteiger charge is 2.13. The minimum absolute atomic E-state index is 0.0411.